The predicted octanol–water partition coefficient (Wildman–Crippen LogP) is 0.829. The number of likely N-dealkylation sites (N-methyl/N-ethyl adjacent to an activating group) is 1. The fourth-order valence-electron chi connectivity index (χ4n) is 1.29. The SMILES string of the molecule is CNC(=O)[C@H](NC(=O)CCl)c1ccccc1. The largest absolute Gasteiger partial charge is 0.357 e. The van der Waals surface area contributed by atoms with Gasteiger partial charge < -0.3 is 10.6 Å². The molecule has 0 saturated carbocycles. The molecule has 0 unspecified atom stereocenters. The molecule has 0 aromatic heterocycles. The second-order valence-corrected chi connectivity index (χ2v) is 3.43. The van der Waals surface area contributed by atoms with Gasteiger partial charge in [-0.2, -0.15) is 0 Å². The molecule has 0 aliphatic rings. The number of alkyl halides is 1. The molecule has 1 rings (SSSR count). The molecular formula is C11H13ClN2O2. The van der Waals surface area contributed by atoms with Gasteiger partial charge in [-0.1, -0.05) is 30.3 Å². The van der Waals surface area contributed by atoms with Crippen molar-refractivity contribution in [2.45, 2.75) is 6.04 Å². The van der Waals surface area contributed by atoms with Crippen LogP contribution in [0.1, 0.15) is 11.6 Å². The minimum absolute atomic E-state index is 0.166. The van der Waals surface area contributed by atoms with Crippen LogP contribution in [0, 0.1) is 0 Å². The van der Waals surface area contributed by atoms with Crippen LogP contribution in [-0.2, 0) is 9.59 Å². The highest BCUT2D eigenvalue weighted by molar-refractivity contribution is 6.27. The lowest BCUT2D eigenvalue weighted by molar-refractivity contribution is -0.127. The van der Waals surface area contributed by atoms with E-state index in [1.807, 2.05) is 6.07 Å². The molecule has 0 bridgehead atoms. The molecule has 0 aliphatic heterocycles. The first-order valence-corrected chi connectivity index (χ1v) is 5.34. The lowest BCUT2D eigenvalue weighted by Crippen LogP contribution is -2.39. The highest BCUT2D eigenvalue weighted by atomic mass is 35.5. The van der Waals surface area contributed by atoms with Gasteiger partial charge in [0.25, 0.3) is 0 Å². The summed E-state index contributed by atoms with van der Waals surface area (Å²) in [5.74, 6) is -0.816. The number of hydrogen-bond donors (Lipinski definition) is 2. The van der Waals surface area contributed by atoms with Crippen molar-refractivity contribution in [3.63, 3.8) is 0 Å². The van der Waals surface area contributed by atoms with Gasteiger partial charge in [0.05, 0.1) is 0 Å². The van der Waals surface area contributed by atoms with Crippen molar-refractivity contribution in [2.75, 3.05) is 12.9 Å². The van der Waals surface area contributed by atoms with Crippen LogP contribution in [0.4, 0.5) is 0 Å². The third kappa shape index (κ3) is 3.24. The highest BCUT2D eigenvalue weighted by Crippen LogP contribution is 2.12. The first-order chi connectivity index (χ1) is 7.69. The molecular weight excluding hydrogens is 228 g/mol. The van der Waals surface area contributed by atoms with E-state index in [0.29, 0.717) is 0 Å². The Labute approximate surface area is 99.0 Å². The summed E-state index contributed by atoms with van der Waals surface area (Å²) in [6.07, 6.45) is 0. The lowest BCUT2D eigenvalue weighted by Gasteiger charge is -2.16. The molecule has 4 nitrogen and oxygen atoms in total. The zero-order valence-electron chi connectivity index (χ0n) is 8.87. The number of rotatable bonds is 4. The van der Waals surface area contributed by atoms with Crippen LogP contribution in [-0.4, -0.2) is 24.7 Å². The lowest BCUT2D eigenvalue weighted by atomic mass is 10.1. The van der Waals surface area contributed by atoms with E-state index < -0.39 is 6.04 Å². The smallest absolute Gasteiger partial charge is 0.246 e. The van der Waals surface area contributed by atoms with Gasteiger partial charge in [-0.05, 0) is 5.56 Å². The predicted molar refractivity (Wildman–Crippen MR) is 62.1 cm³/mol. The van der Waals surface area contributed by atoms with Crippen LogP contribution in [0.5, 0.6) is 0 Å². The Balaban J connectivity index is 2.88. The average Bonchev–Trinajstić information content (AvgIpc) is 2.35. The Morgan fingerprint density at radius 2 is 1.94 bits per heavy atom. The van der Waals surface area contributed by atoms with Crippen LogP contribution in [0.25, 0.3) is 0 Å². The third-order valence-corrected chi connectivity index (χ3v) is 2.31. The molecule has 0 radical (unpaired) electrons. The summed E-state index contributed by atoms with van der Waals surface area (Å²) in [5, 5.41) is 5.05. The summed E-state index contributed by atoms with van der Waals surface area (Å²) in [6.45, 7) is 0. The number of carbonyl (C=O) groups excluding carboxylic acids is 2. The van der Waals surface area contributed by atoms with E-state index in [-0.39, 0.29) is 17.7 Å². The summed E-state index contributed by atoms with van der Waals surface area (Å²) in [7, 11) is 1.52. The summed E-state index contributed by atoms with van der Waals surface area (Å²) >= 11 is 5.39. The molecule has 0 spiro atoms. The third-order valence-electron chi connectivity index (χ3n) is 2.07. The second kappa shape index (κ2) is 6.12. The zero-order chi connectivity index (χ0) is 12.0. The van der Waals surface area contributed by atoms with Gasteiger partial charge in [-0.3, -0.25) is 9.59 Å². The van der Waals surface area contributed by atoms with E-state index in [9.17, 15) is 9.59 Å². The second-order valence-electron chi connectivity index (χ2n) is 3.16. The summed E-state index contributed by atoms with van der Waals surface area (Å²) in [4.78, 5) is 22.8. The molecule has 0 aliphatic carbocycles. The Kier molecular flexibility index (Phi) is 4.79. The summed E-state index contributed by atoms with van der Waals surface area (Å²) in [6, 6.07) is 8.30. The number of benzene rings is 1. The minimum atomic E-state index is -0.697. The van der Waals surface area contributed by atoms with E-state index in [4.69, 9.17) is 11.6 Å². The van der Waals surface area contributed by atoms with E-state index >= 15 is 0 Å². The molecule has 0 fully saturated rings. The maximum absolute atomic E-state index is 11.6. The van der Waals surface area contributed by atoms with Gasteiger partial charge in [0, 0.05) is 7.05 Å². The molecule has 2 N–H and O–H groups in total. The number of nitrogens with one attached hydrogen (secondary N) is 2. The van der Waals surface area contributed by atoms with E-state index in [1.165, 1.54) is 7.05 Å². The van der Waals surface area contributed by atoms with Gasteiger partial charge in [0.2, 0.25) is 11.8 Å². The van der Waals surface area contributed by atoms with Crippen LogP contribution >= 0.6 is 11.6 Å². The van der Waals surface area contributed by atoms with Crippen LogP contribution in [0.15, 0.2) is 30.3 Å². The fourth-order valence-corrected chi connectivity index (χ4v) is 1.37. The van der Waals surface area contributed by atoms with Crippen LogP contribution < -0.4 is 10.6 Å². The molecule has 0 heterocycles. The Hall–Kier alpha value is -1.55. The van der Waals surface area contributed by atoms with Crippen molar-refractivity contribution in [2.24, 2.45) is 0 Å². The van der Waals surface area contributed by atoms with Gasteiger partial charge in [0.15, 0.2) is 0 Å². The first-order valence-electron chi connectivity index (χ1n) is 4.81. The summed E-state index contributed by atoms with van der Waals surface area (Å²) < 4.78 is 0. The number of hydrogen-bond acceptors (Lipinski definition) is 2. The topological polar surface area (TPSA) is 58.2 Å². The van der Waals surface area contributed by atoms with E-state index in [1.54, 1.807) is 24.3 Å². The van der Waals surface area contributed by atoms with Crippen molar-refractivity contribution >= 4 is 23.4 Å². The molecule has 1 aromatic carbocycles. The molecule has 0 saturated heterocycles. The van der Waals surface area contributed by atoms with E-state index in [0.717, 1.165) is 5.56 Å². The Morgan fingerprint density at radius 3 is 2.44 bits per heavy atom. The molecule has 16 heavy (non-hydrogen) atoms. The molecule has 1 atom stereocenters. The maximum Gasteiger partial charge on any atom is 0.246 e. The van der Waals surface area contributed by atoms with Gasteiger partial charge in [-0.15, -0.1) is 11.6 Å². The molecule has 2 amide bonds. The minimum Gasteiger partial charge on any atom is -0.357 e. The molecule has 1 aromatic rings. The Morgan fingerprint density at radius 1 is 1.31 bits per heavy atom. The van der Waals surface area contributed by atoms with Crippen LogP contribution in [0.3, 0.4) is 0 Å². The van der Waals surface area contributed by atoms with Gasteiger partial charge in [-0.25, -0.2) is 0 Å². The first kappa shape index (κ1) is 12.5. The number of carbonyl (C=O) groups is 2. The van der Waals surface area contributed by atoms with Crippen molar-refractivity contribution < 1.29 is 9.59 Å². The molecule has 5 heteroatoms. The molecule has 86 valence electrons. The van der Waals surface area contributed by atoms with Crippen molar-refractivity contribution in [1.29, 1.82) is 0 Å². The highest BCUT2D eigenvalue weighted by Gasteiger charge is 2.20. The van der Waals surface area contributed by atoms with E-state index in [2.05, 4.69) is 10.6 Å². The normalized spacial score (nSPS) is 11.6. The van der Waals surface area contributed by atoms with Crippen molar-refractivity contribution in [3.8, 4) is 0 Å². The fraction of sp³-hybridized carbons (Fsp3) is 0.273. The van der Waals surface area contributed by atoms with Crippen molar-refractivity contribution in [3.05, 3.63) is 35.9 Å². The standard InChI is InChI=1S/C11H13ClN2O2/c1-13-11(16)10(14-9(15)7-12)8-5-3-2-4-6-8/h2-6,10H,7H2,1H3,(H,13,16)(H,14,15)/t10-/m1/s1. The Bertz CT molecular complexity index is 368. The maximum atomic E-state index is 11.6. The monoisotopic (exact) mass is 240 g/mol. The number of amides is 2. The van der Waals surface area contributed by atoms with Gasteiger partial charge >= 0.3 is 0 Å². The summed E-state index contributed by atoms with van der Waals surface area (Å²) in [5.41, 5.74) is 0.723. The average molecular weight is 241 g/mol. The number of halogens is 1. The van der Waals surface area contributed by atoms with Crippen LogP contribution in [0.2, 0.25) is 0 Å². The zero-order valence-corrected chi connectivity index (χ0v) is 9.62. The van der Waals surface area contributed by atoms with Gasteiger partial charge in [0.1, 0.15) is 11.9 Å². The van der Waals surface area contributed by atoms with Crippen molar-refractivity contribution in [1.82, 2.24) is 10.6 Å². The quantitative estimate of drug-likeness (QED) is 0.766.